The summed E-state index contributed by atoms with van der Waals surface area (Å²) in [4.78, 5) is 0. The molecule has 0 radical (unpaired) electrons. The molecule has 0 aliphatic heterocycles. The number of amidine groups is 1. The topological polar surface area (TPSA) is 70.0 Å². The Morgan fingerprint density at radius 2 is 1.75 bits per heavy atom. The molecule has 2 N–H and O–H groups in total. The van der Waals surface area contributed by atoms with Crippen LogP contribution in [0.2, 0.25) is 6.82 Å². The van der Waals surface area contributed by atoms with E-state index in [4.69, 9.17) is 5.41 Å². The molecule has 0 amide bonds. The Bertz CT molecular complexity index is 291. The average Bonchev–Trinajstić information content (AvgIpc) is 2.27. The summed E-state index contributed by atoms with van der Waals surface area (Å²) in [5, 5.41) is 9.67. The number of unbranched alkanes of at least 4 members (excludes halogenated alkanes) is 5. The van der Waals surface area contributed by atoms with Crippen molar-refractivity contribution in [2.24, 2.45) is 0 Å². The fourth-order valence-corrected chi connectivity index (χ4v) is 1.97. The molecule has 16 heavy (non-hydrogen) atoms. The van der Waals surface area contributed by atoms with Gasteiger partial charge in [-0.2, -0.15) is 0 Å². The van der Waals surface area contributed by atoms with Gasteiger partial charge in [-0.3, -0.25) is 5.41 Å². The van der Waals surface area contributed by atoms with Gasteiger partial charge in [0.05, 0.1) is 0 Å². The van der Waals surface area contributed by atoms with Crippen LogP contribution in [0.15, 0.2) is 0 Å². The van der Waals surface area contributed by atoms with Crippen LogP contribution in [0.3, 0.4) is 0 Å². The summed E-state index contributed by atoms with van der Waals surface area (Å²) < 4.78 is 22.4. The van der Waals surface area contributed by atoms with Gasteiger partial charge in [-0.05, 0) is 6.42 Å². The number of rotatable bonds is 8. The van der Waals surface area contributed by atoms with Crippen LogP contribution in [-0.4, -0.2) is 26.7 Å². The summed E-state index contributed by atoms with van der Waals surface area (Å²) in [6, 6.07) is 0. The lowest BCUT2D eigenvalue weighted by Crippen LogP contribution is -2.33. The number of hydrogen-bond donors (Lipinski definition) is 2. The summed E-state index contributed by atoms with van der Waals surface area (Å²) in [5.74, 6) is 0. The van der Waals surface area contributed by atoms with Gasteiger partial charge < -0.3 is 5.32 Å². The Morgan fingerprint density at radius 1 is 1.19 bits per heavy atom. The maximum Gasteiger partial charge on any atom is 0.281 e. The lowest BCUT2D eigenvalue weighted by Gasteiger charge is -2.06. The molecule has 0 aromatic rings. The summed E-state index contributed by atoms with van der Waals surface area (Å²) in [7, 11) is -3.33. The van der Waals surface area contributed by atoms with Crippen molar-refractivity contribution < 1.29 is 8.42 Å². The molecule has 0 bridgehead atoms. The van der Waals surface area contributed by atoms with E-state index in [0.717, 1.165) is 12.8 Å². The zero-order chi connectivity index (χ0) is 12.4. The van der Waals surface area contributed by atoms with Crippen molar-refractivity contribution in [1.82, 2.24) is 5.32 Å². The fourth-order valence-electron chi connectivity index (χ4n) is 1.36. The molecule has 0 saturated heterocycles. The van der Waals surface area contributed by atoms with Crippen LogP contribution in [0.25, 0.3) is 0 Å². The van der Waals surface area contributed by atoms with Gasteiger partial charge in [-0.1, -0.05) is 45.9 Å². The molecule has 0 aromatic carbocycles. The molecular weight excluding hydrogens is 223 g/mol. The van der Waals surface area contributed by atoms with Crippen molar-refractivity contribution in [2.75, 3.05) is 6.54 Å². The standard InChI is InChI=1S/C10H23BN2O2S/c1-3-4-5-6-7-8-9-13-10(12)16(14,15)11-2/h11H,3-9H2,1-2H3,(H2,12,13). The van der Waals surface area contributed by atoms with Gasteiger partial charge in [-0.15, -0.1) is 0 Å². The van der Waals surface area contributed by atoms with Gasteiger partial charge in [0.2, 0.25) is 5.17 Å². The first-order valence-electron chi connectivity index (χ1n) is 6.09. The molecule has 0 fully saturated rings. The molecule has 0 aliphatic carbocycles. The molecule has 94 valence electrons. The minimum atomic E-state index is -3.33. The van der Waals surface area contributed by atoms with E-state index in [0.29, 0.717) is 6.54 Å². The van der Waals surface area contributed by atoms with Crippen LogP contribution >= 0.6 is 0 Å². The quantitative estimate of drug-likeness (QED) is 0.296. The van der Waals surface area contributed by atoms with Crippen LogP contribution < -0.4 is 5.32 Å². The first-order valence-corrected chi connectivity index (χ1v) is 7.75. The summed E-state index contributed by atoms with van der Waals surface area (Å²) in [6.45, 7) is 4.31. The van der Waals surface area contributed by atoms with Crippen LogP contribution in [0.5, 0.6) is 0 Å². The van der Waals surface area contributed by atoms with Crippen molar-refractivity contribution in [2.45, 2.75) is 52.3 Å². The lowest BCUT2D eigenvalue weighted by molar-refractivity contribution is 0.599. The van der Waals surface area contributed by atoms with E-state index in [9.17, 15) is 8.42 Å². The monoisotopic (exact) mass is 246 g/mol. The smallest absolute Gasteiger partial charge is 0.281 e. The maximum absolute atomic E-state index is 11.2. The predicted octanol–water partition coefficient (Wildman–Crippen LogP) is 1.69. The first-order chi connectivity index (χ1) is 7.54. The first kappa shape index (κ1) is 15.5. The largest absolute Gasteiger partial charge is 0.362 e. The summed E-state index contributed by atoms with van der Waals surface area (Å²) >= 11 is 0. The second-order valence-corrected chi connectivity index (χ2v) is 6.14. The zero-order valence-corrected chi connectivity index (χ0v) is 11.2. The third-order valence-electron chi connectivity index (χ3n) is 2.51. The van der Waals surface area contributed by atoms with Crippen LogP contribution in [0.4, 0.5) is 0 Å². The number of nitrogens with one attached hydrogen (secondary N) is 2. The Labute approximate surface area is 99.8 Å². The summed E-state index contributed by atoms with van der Waals surface area (Å²) in [6.07, 6.45) is 6.99. The van der Waals surface area contributed by atoms with Crippen LogP contribution in [0.1, 0.15) is 45.4 Å². The molecule has 0 aliphatic rings. The minimum absolute atomic E-state index is 0.00463. The van der Waals surface area contributed by atoms with Crippen molar-refractivity contribution in [3.8, 4) is 0 Å². The van der Waals surface area contributed by atoms with E-state index in [1.54, 1.807) is 6.82 Å². The van der Waals surface area contributed by atoms with Gasteiger partial charge >= 0.3 is 0 Å². The minimum Gasteiger partial charge on any atom is -0.362 e. The van der Waals surface area contributed by atoms with Gasteiger partial charge in [0.25, 0.3) is 6.56 Å². The van der Waals surface area contributed by atoms with Crippen LogP contribution in [-0.2, 0) is 9.69 Å². The Balaban J connectivity index is 3.49. The molecule has 4 nitrogen and oxygen atoms in total. The van der Waals surface area contributed by atoms with Crippen LogP contribution in [0, 0.1) is 5.41 Å². The normalized spacial score (nSPS) is 11.1. The highest BCUT2D eigenvalue weighted by atomic mass is 32.2. The molecule has 0 saturated carbocycles. The average molecular weight is 246 g/mol. The molecule has 0 spiro atoms. The zero-order valence-electron chi connectivity index (χ0n) is 10.4. The van der Waals surface area contributed by atoms with E-state index < -0.39 is 9.69 Å². The van der Waals surface area contributed by atoms with Gasteiger partial charge in [0.1, 0.15) is 0 Å². The predicted molar refractivity (Wildman–Crippen MR) is 71.0 cm³/mol. The van der Waals surface area contributed by atoms with Gasteiger partial charge in [-0.25, -0.2) is 8.42 Å². The third kappa shape index (κ3) is 6.88. The highest BCUT2D eigenvalue weighted by Crippen LogP contribution is 2.04. The third-order valence-corrected chi connectivity index (χ3v) is 4.03. The molecule has 0 atom stereocenters. The van der Waals surface area contributed by atoms with E-state index in [-0.39, 0.29) is 11.7 Å². The molecule has 6 heteroatoms. The maximum atomic E-state index is 11.2. The number of hydrogen-bond acceptors (Lipinski definition) is 3. The molecule has 0 rings (SSSR count). The molecular formula is C10H23BN2O2S. The lowest BCUT2D eigenvalue weighted by atomic mass is 10.1. The van der Waals surface area contributed by atoms with E-state index in [1.165, 1.54) is 25.7 Å². The van der Waals surface area contributed by atoms with Crippen molar-refractivity contribution >= 4 is 21.4 Å². The molecule has 0 aromatic heterocycles. The van der Waals surface area contributed by atoms with Gasteiger partial charge in [0.15, 0.2) is 9.69 Å². The van der Waals surface area contributed by atoms with Gasteiger partial charge in [0, 0.05) is 6.54 Å². The SMILES string of the molecule is CBS(=O)(=O)C(=N)NCCCCCCCC. The Morgan fingerprint density at radius 3 is 2.31 bits per heavy atom. The fraction of sp³-hybridized carbons (Fsp3) is 0.900. The summed E-state index contributed by atoms with van der Waals surface area (Å²) in [5.41, 5.74) is 0. The van der Waals surface area contributed by atoms with Crippen molar-refractivity contribution in [3.05, 3.63) is 0 Å². The molecule has 0 unspecified atom stereocenters. The van der Waals surface area contributed by atoms with E-state index in [2.05, 4.69) is 12.2 Å². The second-order valence-electron chi connectivity index (χ2n) is 3.93. The Hall–Kier alpha value is -0.515. The Kier molecular flexibility index (Phi) is 8.34. The van der Waals surface area contributed by atoms with Crippen molar-refractivity contribution in [3.63, 3.8) is 0 Å². The highest BCUT2D eigenvalue weighted by Gasteiger charge is 2.14. The van der Waals surface area contributed by atoms with E-state index in [1.807, 2.05) is 0 Å². The second kappa shape index (κ2) is 8.62. The van der Waals surface area contributed by atoms with E-state index >= 15 is 0 Å². The van der Waals surface area contributed by atoms with Crippen molar-refractivity contribution in [1.29, 1.82) is 5.41 Å². The molecule has 0 heterocycles. The highest BCUT2D eigenvalue weighted by molar-refractivity contribution is 8.26.